The molecule has 0 saturated carbocycles. The summed E-state index contributed by atoms with van der Waals surface area (Å²) in [5, 5.41) is 2.69. The van der Waals surface area contributed by atoms with Crippen LogP contribution in [0.2, 0.25) is 0 Å². The Hall–Kier alpha value is -4.26. The van der Waals surface area contributed by atoms with Crippen LogP contribution in [0.3, 0.4) is 0 Å². The summed E-state index contributed by atoms with van der Waals surface area (Å²) < 4.78 is 14.6. The Kier molecular flexibility index (Phi) is 5.01. The maximum Gasteiger partial charge on any atom is 0.282 e. The van der Waals surface area contributed by atoms with Crippen molar-refractivity contribution in [2.45, 2.75) is 13.3 Å². The van der Waals surface area contributed by atoms with Gasteiger partial charge in [-0.15, -0.1) is 0 Å². The largest absolute Gasteiger partial charge is 0.336 e. The van der Waals surface area contributed by atoms with Gasteiger partial charge in [0.1, 0.15) is 11.5 Å². The molecule has 2 aliphatic rings. The molecule has 0 fully saturated rings. The first-order chi connectivity index (χ1) is 16.0. The van der Waals surface area contributed by atoms with Crippen molar-refractivity contribution in [2.24, 2.45) is 0 Å². The van der Waals surface area contributed by atoms with Gasteiger partial charge in [0.15, 0.2) is 0 Å². The van der Waals surface area contributed by atoms with Crippen molar-refractivity contribution in [3.63, 3.8) is 0 Å². The number of carbonyl (C=O) groups is 3. The maximum atomic E-state index is 14.6. The second kappa shape index (κ2) is 8.02. The highest BCUT2D eigenvalue weighted by Gasteiger charge is 2.44. The van der Waals surface area contributed by atoms with Crippen LogP contribution in [0.25, 0.3) is 5.57 Å². The van der Waals surface area contributed by atoms with E-state index in [1.807, 2.05) is 29.2 Å². The van der Waals surface area contributed by atoms with E-state index in [-0.39, 0.29) is 22.9 Å². The third-order valence-electron chi connectivity index (χ3n) is 5.80. The standard InChI is InChI=1S/C26H20FN3O3/c1-16(31)28-19-12-10-18(11-13-19)23-24(29-15-14-17-6-2-4-8-21(17)29)26(33)30(25(23)32)22-9-5-3-7-20(22)27/h2-13H,14-15H2,1H3,(H,28,31). The molecule has 2 heterocycles. The van der Waals surface area contributed by atoms with Crippen molar-refractivity contribution in [1.29, 1.82) is 0 Å². The van der Waals surface area contributed by atoms with Gasteiger partial charge < -0.3 is 10.2 Å². The van der Waals surface area contributed by atoms with E-state index in [4.69, 9.17) is 0 Å². The molecule has 3 amide bonds. The van der Waals surface area contributed by atoms with Gasteiger partial charge in [-0.3, -0.25) is 14.4 Å². The van der Waals surface area contributed by atoms with Crippen molar-refractivity contribution in [3.8, 4) is 0 Å². The van der Waals surface area contributed by atoms with Crippen LogP contribution in [0.1, 0.15) is 18.1 Å². The van der Waals surface area contributed by atoms with Gasteiger partial charge in [-0.1, -0.05) is 42.5 Å². The minimum atomic E-state index is -0.650. The summed E-state index contributed by atoms with van der Waals surface area (Å²) in [5.41, 5.74) is 3.37. The van der Waals surface area contributed by atoms with Gasteiger partial charge in [-0.05, 0) is 47.9 Å². The fraction of sp³-hybridized carbons (Fsp3) is 0.115. The number of nitrogens with one attached hydrogen (secondary N) is 1. The molecule has 0 unspecified atom stereocenters. The van der Waals surface area contributed by atoms with Crippen molar-refractivity contribution >= 4 is 40.4 Å². The van der Waals surface area contributed by atoms with Gasteiger partial charge in [-0.2, -0.15) is 0 Å². The second-order valence-electron chi connectivity index (χ2n) is 7.91. The van der Waals surface area contributed by atoms with E-state index in [9.17, 15) is 18.8 Å². The molecule has 0 saturated heterocycles. The van der Waals surface area contributed by atoms with Crippen LogP contribution < -0.4 is 15.1 Å². The SMILES string of the molecule is CC(=O)Nc1ccc(C2=C(N3CCc4ccccc43)C(=O)N(c3ccccc3F)C2=O)cc1. The lowest BCUT2D eigenvalue weighted by molar-refractivity contribution is -0.120. The molecule has 0 aliphatic carbocycles. The molecule has 5 rings (SSSR count). The fourth-order valence-electron chi connectivity index (χ4n) is 4.37. The van der Waals surface area contributed by atoms with Gasteiger partial charge in [-0.25, -0.2) is 9.29 Å². The van der Waals surface area contributed by atoms with Crippen molar-refractivity contribution in [2.75, 3.05) is 21.7 Å². The van der Waals surface area contributed by atoms with E-state index in [1.165, 1.54) is 25.1 Å². The minimum Gasteiger partial charge on any atom is -0.336 e. The molecule has 0 radical (unpaired) electrons. The lowest BCUT2D eigenvalue weighted by Crippen LogP contribution is -2.35. The molecule has 33 heavy (non-hydrogen) atoms. The first kappa shape index (κ1) is 20.6. The number of hydrogen-bond donors (Lipinski definition) is 1. The molecule has 3 aromatic carbocycles. The highest BCUT2D eigenvalue weighted by Crippen LogP contribution is 2.40. The first-order valence-corrected chi connectivity index (χ1v) is 10.6. The summed E-state index contributed by atoms with van der Waals surface area (Å²) in [7, 11) is 0. The Morgan fingerprint density at radius 3 is 2.24 bits per heavy atom. The zero-order valence-corrected chi connectivity index (χ0v) is 17.8. The third kappa shape index (κ3) is 3.47. The maximum absolute atomic E-state index is 14.6. The summed E-state index contributed by atoms with van der Waals surface area (Å²) in [4.78, 5) is 41.3. The molecule has 0 aromatic heterocycles. The van der Waals surface area contributed by atoms with E-state index in [2.05, 4.69) is 5.32 Å². The Morgan fingerprint density at radius 1 is 0.879 bits per heavy atom. The lowest BCUT2D eigenvalue weighted by atomic mass is 10.0. The molecule has 0 spiro atoms. The monoisotopic (exact) mass is 441 g/mol. The molecule has 7 heteroatoms. The molecule has 6 nitrogen and oxygen atoms in total. The number of hydrogen-bond acceptors (Lipinski definition) is 4. The quantitative estimate of drug-likeness (QED) is 0.618. The zero-order valence-electron chi connectivity index (χ0n) is 17.8. The summed E-state index contributed by atoms with van der Waals surface area (Å²) in [6.07, 6.45) is 0.732. The average molecular weight is 441 g/mol. The van der Waals surface area contributed by atoms with Gasteiger partial charge in [0.2, 0.25) is 5.91 Å². The molecule has 0 atom stereocenters. The van der Waals surface area contributed by atoms with Gasteiger partial charge in [0.25, 0.3) is 11.8 Å². The number of imide groups is 1. The lowest BCUT2D eigenvalue weighted by Gasteiger charge is -2.22. The molecular weight excluding hydrogens is 421 g/mol. The van der Waals surface area contributed by atoms with Crippen LogP contribution in [0.5, 0.6) is 0 Å². The smallest absolute Gasteiger partial charge is 0.282 e. The van der Waals surface area contributed by atoms with E-state index >= 15 is 0 Å². The number of fused-ring (bicyclic) bond motifs is 1. The topological polar surface area (TPSA) is 69.7 Å². The number of anilines is 3. The predicted octanol–water partition coefficient (Wildman–Crippen LogP) is 4.13. The summed E-state index contributed by atoms with van der Waals surface area (Å²) >= 11 is 0. The number of rotatable bonds is 4. The van der Waals surface area contributed by atoms with Crippen LogP contribution in [0.4, 0.5) is 21.5 Å². The Balaban J connectivity index is 1.65. The first-order valence-electron chi connectivity index (χ1n) is 10.6. The van der Waals surface area contributed by atoms with Crippen LogP contribution in [-0.2, 0) is 20.8 Å². The average Bonchev–Trinajstić information content (AvgIpc) is 3.33. The van der Waals surface area contributed by atoms with E-state index in [0.717, 1.165) is 22.6 Å². The van der Waals surface area contributed by atoms with E-state index < -0.39 is 17.6 Å². The van der Waals surface area contributed by atoms with E-state index in [1.54, 1.807) is 30.3 Å². The van der Waals surface area contributed by atoms with Crippen LogP contribution >= 0.6 is 0 Å². The van der Waals surface area contributed by atoms with Crippen molar-refractivity contribution < 1.29 is 18.8 Å². The molecule has 1 N–H and O–H groups in total. The summed E-state index contributed by atoms with van der Waals surface area (Å²) in [6, 6.07) is 20.2. The summed E-state index contributed by atoms with van der Waals surface area (Å²) in [5.74, 6) is -2.02. The minimum absolute atomic E-state index is 0.0812. The number of halogens is 1. The molecule has 0 bridgehead atoms. The third-order valence-corrected chi connectivity index (χ3v) is 5.80. The number of para-hydroxylation sites is 2. The highest BCUT2D eigenvalue weighted by molar-refractivity contribution is 6.46. The van der Waals surface area contributed by atoms with Gasteiger partial charge in [0, 0.05) is 24.8 Å². The molecule has 2 aliphatic heterocycles. The molecule has 164 valence electrons. The number of nitrogens with zero attached hydrogens (tertiary/aromatic N) is 2. The van der Waals surface area contributed by atoms with E-state index in [0.29, 0.717) is 17.8 Å². The van der Waals surface area contributed by atoms with Crippen LogP contribution in [0, 0.1) is 5.82 Å². The highest BCUT2D eigenvalue weighted by atomic mass is 19.1. The Bertz CT molecular complexity index is 1330. The molecule has 3 aromatic rings. The van der Waals surface area contributed by atoms with Crippen molar-refractivity contribution in [3.05, 3.63) is 95.4 Å². The summed E-state index contributed by atoms with van der Waals surface area (Å²) in [6.45, 7) is 1.94. The number of carbonyl (C=O) groups excluding carboxylic acids is 3. The number of amides is 3. The second-order valence-corrected chi connectivity index (χ2v) is 7.91. The van der Waals surface area contributed by atoms with Crippen LogP contribution in [-0.4, -0.2) is 24.3 Å². The predicted molar refractivity (Wildman–Crippen MR) is 124 cm³/mol. The molecular formula is C26H20FN3O3. The fourth-order valence-corrected chi connectivity index (χ4v) is 4.37. The van der Waals surface area contributed by atoms with Crippen molar-refractivity contribution in [1.82, 2.24) is 0 Å². The number of benzene rings is 3. The van der Waals surface area contributed by atoms with Crippen LogP contribution in [0.15, 0.2) is 78.5 Å². The Labute approximate surface area is 189 Å². The van der Waals surface area contributed by atoms with Gasteiger partial charge in [0.05, 0.1) is 11.3 Å². The van der Waals surface area contributed by atoms with Gasteiger partial charge >= 0.3 is 0 Å². The Morgan fingerprint density at radius 2 is 1.55 bits per heavy atom. The normalized spacial score (nSPS) is 15.3. The zero-order chi connectivity index (χ0) is 23.1.